The van der Waals surface area contributed by atoms with Crippen LogP contribution in [0.2, 0.25) is 0 Å². The van der Waals surface area contributed by atoms with Crippen LogP contribution < -0.4 is 14.8 Å². The van der Waals surface area contributed by atoms with Crippen LogP contribution >= 0.6 is 0 Å². The molecule has 0 bridgehead atoms. The molecule has 0 aromatic heterocycles. The van der Waals surface area contributed by atoms with Crippen molar-refractivity contribution < 1.29 is 24.2 Å². The largest absolute Gasteiger partial charge is 0.493 e. The van der Waals surface area contributed by atoms with Crippen molar-refractivity contribution in [1.82, 2.24) is 5.32 Å². The van der Waals surface area contributed by atoms with Crippen LogP contribution in [0.5, 0.6) is 11.5 Å². The normalized spacial score (nSPS) is 12.4. The Morgan fingerprint density at radius 3 is 2.14 bits per heavy atom. The third-order valence-corrected chi connectivity index (χ3v) is 3.03. The highest BCUT2D eigenvalue weighted by molar-refractivity contribution is 5.97. The van der Waals surface area contributed by atoms with Gasteiger partial charge in [0, 0.05) is 5.56 Å². The highest BCUT2D eigenvalue weighted by Crippen LogP contribution is 2.28. The smallest absolute Gasteiger partial charge is 0.326 e. The van der Waals surface area contributed by atoms with Gasteiger partial charge in [0.15, 0.2) is 11.5 Å². The van der Waals surface area contributed by atoms with Crippen LogP contribution in [-0.2, 0) is 4.79 Å². The van der Waals surface area contributed by atoms with Gasteiger partial charge in [0.2, 0.25) is 0 Å². The van der Waals surface area contributed by atoms with Crippen LogP contribution in [0.1, 0.15) is 31.1 Å². The van der Waals surface area contributed by atoms with Gasteiger partial charge in [-0.3, -0.25) is 4.79 Å². The molecule has 0 aliphatic heterocycles. The number of benzene rings is 1. The maximum absolute atomic E-state index is 12.2. The van der Waals surface area contributed by atoms with Crippen LogP contribution in [0.4, 0.5) is 0 Å². The number of carboxylic acids is 1. The molecule has 2 N–H and O–H groups in total. The van der Waals surface area contributed by atoms with Gasteiger partial charge in [0.25, 0.3) is 5.91 Å². The van der Waals surface area contributed by atoms with E-state index in [9.17, 15) is 14.7 Å². The van der Waals surface area contributed by atoms with E-state index in [0.717, 1.165) is 0 Å². The SMILES string of the molecule is COc1ccc(C(=O)NC(C(=O)O)C(C)(C)C)cc1OC. The first-order valence-corrected chi connectivity index (χ1v) is 6.46. The average molecular weight is 295 g/mol. The molecule has 0 radical (unpaired) electrons. The summed E-state index contributed by atoms with van der Waals surface area (Å²) in [5.41, 5.74) is -0.291. The molecular weight excluding hydrogens is 274 g/mol. The third-order valence-electron chi connectivity index (χ3n) is 3.03. The van der Waals surface area contributed by atoms with E-state index in [1.807, 2.05) is 0 Å². The number of rotatable bonds is 5. The first kappa shape index (κ1) is 16.8. The van der Waals surface area contributed by atoms with Gasteiger partial charge in [-0.15, -0.1) is 0 Å². The summed E-state index contributed by atoms with van der Waals surface area (Å²) in [6.07, 6.45) is 0. The maximum atomic E-state index is 12.2. The van der Waals surface area contributed by atoms with Gasteiger partial charge in [0.05, 0.1) is 14.2 Å². The molecule has 0 fully saturated rings. The van der Waals surface area contributed by atoms with Crippen molar-refractivity contribution in [3.8, 4) is 11.5 Å². The summed E-state index contributed by atoms with van der Waals surface area (Å²) >= 11 is 0. The summed E-state index contributed by atoms with van der Waals surface area (Å²) in [6.45, 7) is 5.25. The quantitative estimate of drug-likeness (QED) is 0.867. The molecule has 1 rings (SSSR count). The molecule has 116 valence electrons. The molecule has 1 aromatic carbocycles. The molecule has 1 aromatic rings. The summed E-state index contributed by atoms with van der Waals surface area (Å²) in [7, 11) is 2.96. The van der Waals surface area contributed by atoms with Crippen molar-refractivity contribution >= 4 is 11.9 Å². The Hall–Kier alpha value is -2.24. The highest BCUT2D eigenvalue weighted by Gasteiger charge is 2.32. The van der Waals surface area contributed by atoms with Crippen LogP contribution in [0.25, 0.3) is 0 Å². The lowest BCUT2D eigenvalue weighted by Gasteiger charge is -2.27. The van der Waals surface area contributed by atoms with E-state index in [0.29, 0.717) is 17.1 Å². The zero-order valence-electron chi connectivity index (χ0n) is 12.9. The monoisotopic (exact) mass is 295 g/mol. The molecule has 1 atom stereocenters. The lowest BCUT2D eigenvalue weighted by Crippen LogP contribution is -2.49. The number of hydrogen-bond donors (Lipinski definition) is 2. The Kier molecular flexibility index (Phi) is 5.18. The summed E-state index contributed by atoms with van der Waals surface area (Å²) in [6, 6.07) is 3.67. The summed E-state index contributed by atoms with van der Waals surface area (Å²) in [5.74, 6) is -0.637. The average Bonchev–Trinajstić information content (AvgIpc) is 2.41. The minimum Gasteiger partial charge on any atom is -0.493 e. The summed E-state index contributed by atoms with van der Waals surface area (Å²) in [4.78, 5) is 23.5. The van der Waals surface area contributed by atoms with Gasteiger partial charge in [-0.25, -0.2) is 4.79 Å². The first-order chi connectivity index (χ1) is 9.70. The number of amides is 1. The van der Waals surface area contributed by atoms with Crippen LogP contribution in [0, 0.1) is 5.41 Å². The van der Waals surface area contributed by atoms with Gasteiger partial charge >= 0.3 is 5.97 Å². The molecule has 0 aliphatic rings. The van der Waals surface area contributed by atoms with Gasteiger partial charge < -0.3 is 19.9 Å². The Morgan fingerprint density at radius 1 is 1.14 bits per heavy atom. The number of carbonyl (C=O) groups is 2. The van der Waals surface area contributed by atoms with Crippen molar-refractivity contribution in [3.63, 3.8) is 0 Å². The fourth-order valence-electron chi connectivity index (χ4n) is 1.84. The first-order valence-electron chi connectivity index (χ1n) is 6.46. The summed E-state index contributed by atoms with van der Waals surface area (Å²) in [5, 5.41) is 11.8. The molecule has 0 saturated carbocycles. The van der Waals surface area contributed by atoms with Gasteiger partial charge in [-0.2, -0.15) is 0 Å². The van der Waals surface area contributed by atoms with Crippen LogP contribution in [0.3, 0.4) is 0 Å². The van der Waals surface area contributed by atoms with E-state index in [2.05, 4.69) is 5.32 Å². The van der Waals surface area contributed by atoms with Crippen molar-refractivity contribution in [2.45, 2.75) is 26.8 Å². The van der Waals surface area contributed by atoms with Crippen LogP contribution in [-0.4, -0.2) is 37.2 Å². The predicted molar refractivity (Wildman–Crippen MR) is 77.9 cm³/mol. The topological polar surface area (TPSA) is 84.9 Å². The minimum atomic E-state index is -1.07. The second kappa shape index (κ2) is 6.47. The van der Waals surface area contributed by atoms with Gasteiger partial charge in [-0.05, 0) is 23.6 Å². The standard InChI is InChI=1S/C15H21NO5/c1-15(2,3)12(14(18)19)16-13(17)9-6-7-10(20-4)11(8-9)21-5/h6-8,12H,1-5H3,(H,16,17)(H,18,19). The Bertz CT molecular complexity index is 533. The lowest BCUT2D eigenvalue weighted by atomic mass is 9.86. The maximum Gasteiger partial charge on any atom is 0.326 e. The predicted octanol–water partition coefficient (Wildman–Crippen LogP) is 1.93. The molecule has 6 heteroatoms. The molecule has 1 amide bonds. The fourth-order valence-corrected chi connectivity index (χ4v) is 1.84. The zero-order valence-corrected chi connectivity index (χ0v) is 12.9. The number of carbonyl (C=O) groups excluding carboxylic acids is 1. The van der Waals surface area contributed by atoms with E-state index in [1.54, 1.807) is 32.9 Å². The van der Waals surface area contributed by atoms with Gasteiger partial charge in [0.1, 0.15) is 6.04 Å². The number of ether oxygens (including phenoxy) is 2. The number of methoxy groups -OCH3 is 2. The van der Waals surface area contributed by atoms with E-state index in [-0.39, 0.29) is 0 Å². The molecule has 0 spiro atoms. The van der Waals surface area contributed by atoms with Crippen molar-refractivity contribution in [2.24, 2.45) is 5.41 Å². The van der Waals surface area contributed by atoms with Crippen LogP contribution in [0.15, 0.2) is 18.2 Å². The molecule has 6 nitrogen and oxygen atoms in total. The Morgan fingerprint density at radius 2 is 1.71 bits per heavy atom. The second-order valence-corrected chi connectivity index (χ2v) is 5.68. The van der Waals surface area contributed by atoms with Crippen molar-refractivity contribution in [1.29, 1.82) is 0 Å². The molecule has 1 unspecified atom stereocenters. The van der Waals surface area contributed by atoms with E-state index in [4.69, 9.17) is 9.47 Å². The molecule has 21 heavy (non-hydrogen) atoms. The lowest BCUT2D eigenvalue weighted by molar-refractivity contribution is -0.142. The number of hydrogen-bond acceptors (Lipinski definition) is 4. The zero-order chi connectivity index (χ0) is 16.2. The van der Waals surface area contributed by atoms with E-state index in [1.165, 1.54) is 20.3 Å². The molecular formula is C15H21NO5. The Labute approximate surface area is 124 Å². The fraction of sp³-hybridized carbons (Fsp3) is 0.467. The van der Waals surface area contributed by atoms with Crippen molar-refractivity contribution in [2.75, 3.05) is 14.2 Å². The third kappa shape index (κ3) is 4.11. The van der Waals surface area contributed by atoms with E-state index >= 15 is 0 Å². The highest BCUT2D eigenvalue weighted by atomic mass is 16.5. The second-order valence-electron chi connectivity index (χ2n) is 5.68. The number of aliphatic carboxylic acids is 1. The molecule has 0 aliphatic carbocycles. The van der Waals surface area contributed by atoms with Gasteiger partial charge in [-0.1, -0.05) is 20.8 Å². The van der Waals surface area contributed by atoms with Crippen molar-refractivity contribution in [3.05, 3.63) is 23.8 Å². The molecule has 0 heterocycles. The Balaban J connectivity index is 3.01. The minimum absolute atomic E-state index is 0.308. The summed E-state index contributed by atoms with van der Waals surface area (Å²) < 4.78 is 10.2. The van der Waals surface area contributed by atoms with E-state index < -0.39 is 23.3 Å². The number of carboxylic acid groups (broad SMARTS) is 1. The molecule has 0 saturated heterocycles. The number of nitrogens with one attached hydrogen (secondary N) is 1.